The second-order valence-electron chi connectivity index (χ2n) is 6.32. The van der Waals surface area contributed by atoms with Gasteiger partial charge in [-0.25, -0.2) is 0 Å². The van der Waals surface area contributed by atoms with E-state index in [1.807, 2.05) is 54.8 Å². The summed E-state index contributed by atoms with van der Waals surface area (Å²) in [6, 6.07) is 12.8. The first-order valence-electron chi connectivity index (χ1n) is 9.42. The highest BCUT2D eigenvalue weighted by atomic mass is 16.5. The number of primary amides is 1. The summed E-state index contributed by atoms with van der Waals surface area (Å²) in [5, 5.41) is 0.553. The van der Waals surface area contributed by atoms with Gasteiger partial charge in [0.25, 0.3) is 11.7 Å². The van der Waals surface area contributed by atoms with Crippen molar-refractivity contribution in [1.29, 1.82) is 0 Å². The average molecular weight is 396 g/mol. The molecule has 0 unspecified atom stereocenters. The molecular weight excluding hydrogens is 372 g/mol. The fourth-order valence-electron chi connectivity index (χ4n) is 3.31. The molecule has 3 aromatic rings. The molecule has 2 N–H and O–H groups in total. The van der Waals surface area contributed by atoms with Gasteiger partial charge in [0, 0.05) is 5.69 Å². The number of Topliss-reactive ketones (excluding diaryl/α,β-unsaturated/α-hetero) is 1. The highest BCUT2D eigenvalue weighted by molar-refractivity contribution is 6.45. The van der Waals surface area contributed by atoms with Crippen LogP contribution in [0.5, 0.6) is 17.2 Å². The molecule has 7 nitrogen and oxygen atoms in total. The van der Waals surface area contributed by atoms with Crippen LogP contribution in [-0.4, -0.2) is 29.5 Å². The molecule has 0 atom stereocenters. The number of aromatic nitrogens is 1. The molecule has 1 aromatic heterocycles. The molecule has 29 heavy (non-hydrogen) atoms. The molecular formula is C22H24N2O5. The molecule has 152 valence electrons. The minimum Gasteiger partial charge on any atom is -0.493 e. The lowest BCUT2D eigenvalue weighted by atomic mass is 10.1. The van der Waals surface area contributed by atoms with Crippen LogP contribution in [-0.2, 0) is 11.5 Å². The number of fused-ring (bicyclic) bond motifs is 1. The fraction of sp³-hybridized carbons (Fsp3) is 0.273. The predicted octanol–water partition coefficient (Wildman–Crippen LogP) is 3.45. The summed E-state index contributed by atoms with van der Waals surface area (Å²) in [5.74, 6) is -0.0350. The molecule has 2 aromatic carbocycles. The normalized spacial score (nSPS) is 10.7. The maximum Gasteiger partial charge on any atom is 0.289 e. The van der Waals surface area contributed by atoms with Crippen molar-refractivity contribution in [3.05, 3.63) is 53.7 Å². The lowest BCUT2D eigenvalue weighted by molar-refractivity contribution is -0.114. The number of rotatable bonds is 9. The fourth-order valence-corrected chi connectivity index (χ4v) is 3.31. The number of hydrogen-bond acceptors (Lipinski definition) is 5. The topological polar surface area (TPSA) is 92.8 Å². The minimum atomic E-state index is -1.01. The number of ketones is 1. The van der Waals surface area contributed by atoms with Crippen LogP contribution in [0, 0.1) is 6.92 Å². The zero-order valence-electron chi connectivity index (χ0n) is 16.7. The van der Waals surface area contributed by atoms with Gasteiger partial charge in [-0.1, -0.05) is 18.2 Å². The Labute approximate surface area is 169 Å². The third-order valence-corrected chi connectivity index (χ3v) is 4.56. The summed E-state index contributed by atoms with van der Waals surface area (Å²) in [7, 11) is 0. The van der Waals surface area contributed by atoms with E-state index in [1.165, 1.54) is 0 Å². The molecule has 0 fully saturated rings. The van der Waals surface area contributed by atoms with E-state index in [0.29, 0.717) is 47.1 Å². The van der Waals surface area contributed by atoms with Crippen LogP contribution in [0.2, 0.25) is 0 Å². The van der Waals surface area contributed by atoms with E-state index >= 15 is 0 Å². The molecule has 7 heteroatoms. The monoisotopic (exact) mass is 396 g/mol. The van der Waals surface area contributed by atoms with Gasteiger partial charge >= 0.3 is 0 Å². The van der Waals surface area contributed by atoms with Gasteiger partial charge in [0.15, 0.2) is 18.2 Å². The van der Waals surface area contributed by atoms with Gasteiger partial charge in [-0.3, -0.25) is 9.59 Å². The van der Waals surface area contributed by atoms with Crippen LogP contribution >= 0.6 is 0 Å². The zero-order chi connectivity index (χ0) is 21.0. The van der Waals surface area contributed by atoms with E-state index in [2.05, 4.69) is 0 Å². The van der Waals surface area contributed by atoms with Crippen LogP contribution in [0.1, 0.15) is 29.9 Å². The molecule has 0 aliphatic rings. The summed E-state index contributed by atoms with van der Waals surface area (Å²) in [6.07, 6.45) is 0. The zero-order valence-corrected chi connectivity index (χ0v) is 16.7. The molecule has 0 saturated heterocycles. The summed E-state index contributed by atoms with van der Waals surface area (Å²) in [6.45, 7) is 6.56. The van der Waals surface area contributed by atoms with Crippen molar-refractivity contribution in [3.8, 4) is 17.2 Å². The maximum atomic E-state index is 12.6. The Morgan fingerprint density at radius 1 is 0.897 bits per heavy atom. The molecule has 0 aliphatic heterocycles. The van der Waals surface area contributed by atoms with Gasteiger partial charge in [0.2, 0.25) is 0 Å². The van der Waals surface area contributed by atoms with Gasteiger partial charge in [-0.2, -0.15) is 0 Å². The number of para-hydroxylation sites is 2. The summed E-state index contributed by atoms with van der Waals surface area (Å²) in [5.41, 5.74) is 6.82. The lowest BCUT2D eigenvalue weighted by Crippen LogP contribution is -2.24. The van der Waals surface area contributed by atoms with E-state index in [0.717, 1.165) is 0 Å². The Kier molecular flexibility index (Phi) is 6.07. The van der Waals surface area contributed by atoms with E-state index in [-0.39, 0.29) is 12.3 Å². The van der Waals surface area contributed by atoms with Crippen LogP contribution < -0.4 is 19.9 Å². The van der Waals surface area contributed by atoms with E-state index in [4.69, 9.17) is 19.9 Å². The number of benzene rings is 2. The smallest absolute Gasteiger partial charge is 0.289 e. The number of nitrogens with zero attached hydrogens (tertiary/aromatic N) is 1. The molecule has 1 amide bonds. The second kappa shape index (κ2) is 8.68. The quantitative estimate of drug-likeness (QED) is 0.442. The number of carbonyl (C=O) groups excluding carboxylic acids is 2. The highest BCUT2D eigenvalue weighted by Crippen LogP contribution is 2.35. The molecule has 1 heterocycles. The second-order valence-corrected chi connectivity index (χ2v) is 6.32. The van der Waals surface area contributed by atoms with Crippen molar-refractivity contribution in [2.45, 2.75) is 27.5 Å². The number of carbonyl (C=O) groups is 2. The van der Waals surface area contributed by atoms with Crippen molar-refractivity contribution in [1.82, 2.24) is 4.57 Å². The molecule has 0 spiro atoms. The Balaban J connectivity index is 2.09. The third-order valence-electron chi connectivity index (χ3n) is 4.56. The SMILES string of the molecule is CCOc1ccccc1OCn1c(C)c(C(=O)C(N)=O)c2c(OCC)cccc21. The largest absolute Gasteiger partial charge is 0.493 e. The Morgan fingerprint density at radius 2 is 1.48 bits per heavy atom. The first kappa shape index (κ1) is 20.3. The molecule has 0 bridgehead atoms. The Morgan fingerprint density at radius 3 is 2.10 bits per heavy atom. The van der Waals surface area contributed by atoms with Gasteiger partial charge in [0.05, 0.1) is 29.7 Å². The van der Waals surface area contributed by atoms with Gasteiger partial charge in [-0.05, 0) is 45.0 Å². The summed E-state index contributed by atoms with van der Waals surface area (Å²) < 4.78 is 19.1. The van der Waals surface area contributed by atoms with Crippen molar-refractivity contribution >= 4 is 22.6 Å². The standard InChI is InChI=1S/C22H24N2O5/c1-4-27-16-10-6-7-11-17(16)29-13-24-14(3)19(21(25)22(23)26)20-15(24)9-8-12-18(20)28-5-2/h6-12H,4-5,13H2,1-3H3,(H2,23,26). The maximum absolute atomic E-state index is 12.6. The molecule has 0 aliphatic carbocycles. The first-order chi connectivity index (χ1) is 14.0. The van der Waals surface area contributed by atoms with Gasteiger partial charge in [-0.15, -0.1) is 0 Å². The van der Waals surface area contributed by atoms with Crippen LogP contribution in [0.25, 0.3) is 10.9 Å². The highest BCUT2D eigenvalue weighted by Gasteiger charge is 2.26. The molecule has 0 radical (unpaired) electrons. The van der Waals surface area contributed by atoms with Crippen LogP contribution in [0.3, 0.4) is 0 Å². The van der Waals surface area contributed by atoms with Crippen molar-refractivity contribution in [3.63, 3.8) is 0 Å². The Hall–Kier alpha value is -3.48. The lowest BCUT2D eigenvalue weighted by Gasteiger charge is -2.14. The third kappa shape index (κ3) is 3.89. The van der Waals surface area contributed by atoms with Crippen LogP contribution in [0.15, 0.2) is 42.5 Å². The van der Waals surface area contributed by atoms with Crippen molar-refractivity contribution < 1.29 is 23.8 Å². The summed E-state index contributed by atoms with van der Waals surface area (Å²) in [4.78, 5) is 24.2. The molecule has 3 rings (SSSR count). The van der Waals surface area contributed by atoms with Gasteiger partial charge < -0.3 is 24.5 Å². The average Bonchev–Trinajstić information content (AvgIpc) is 2.99. The number of hydrogen-bond donors (Lipinski definition) is 1. The number of amides is 1. The van der Waals surface area contributed by atoms with Gasteiger partial charge in [0.1, 0.15) is 5.75 Å². The van der Waals surface area contributed by atoms with Crippen molar-refractivity contribution in [2.75, 3.05) is 13.2 Å². The Bertz CT molecular complexity index is 1050. The van der Waals surface area contributed by atoms with Crippen molar-refractivity contribution in [2.24, 2.45) is 5.73 Å². The summed E-state index contributed by atoms with van der Waals surface area (Å²) >= 11 is 0. The number of ether oxygens (including phenoxy) is 3. The first-order valence-corrected chi connectivity index (χ1v) is 9.42. The van der Waals surface area contributed by atoms with Crippen LogP contribution in [0.4, 0.5) is 0 Å². The van der Waals surface area contributed by atoms with E-state index in [9.17, 15) is 9.59 Å². The predicted molar refractivity (Wildman–Crippen MR) is 110 cm³/mol. The minimum absolute atomic E-state index is 0.119. The number of nitrogens with two attached hydrogens (primary N) is 1. The van der Waals surface area contributed by atoms with E-state index in [1.54, 1.807) is 13.0 Å². The van der Waals surface area contributed by atoms with E-state index < -0.39 is 11.7 Å². The molecule has 0 saturated carbocycles.